The van der Waals surface area contributed by atoms with E-state index < -0.39 is 0 Å². The van der Waals surface area contributed by atoms with Gasteiger partial charge >= 0.3 is 0 Å². The van der Waals surface area contributed by atoms with E-state index in [0.717, 1.165) is 18.7 Å². The molecule has 20 heavy (non-hydrogen) atoms. The van der Waals surface area contributed by atoms with Gasteiger partial charge in [0.15, 0.2) is 5.82 Å². The van der Waals surface area contributed by atoms with E-state index in [1.165, 1.54) is 12.1 Å². The zero-order chi connectivity index (χ0) is 14.7. The fourth-order valence-corrected chi connectivity index (χ4v) is 2.10. The van der Waals surface area contributed by atoms with Gasteiger partial charge in [0.05, 0.1) is 0 Å². The van der Waals surface area contributed by atoms with Crippen molar-refractivity contribution in [3.63, 3.8) is 0 Å². The summed E-state index contributed by atoms with van der Waals surface area (Å²) >= 11 is 5.97. The van der Waals surface area contributed by atoms with Crippen molar-refractivity contribution in [3.8, 4) is 11.4 Å². The SMILES string of the molecule is CCN(CC)c1nc(Cl)nc(-c2cc(F)ccc2C)n1. The van der Waals surface area contributed by atoms with Crippen LogP contribution in [0.5, 0.6) is 0 Å². The smallest absolute Gasteiger partial charge is 0.230 e. The average Bonchev–Trinajstić information content (AvgIpc) is 2.42. The first kappa shape index (κ1) is 14.7. The molecular formula is C14H16ClFN4. The molecule has 1 aromatic carbocycles. The highest BCUT2D eigenvalue weighted by atomic mass is 35.5. The van der Waals surface area contributed by atoms with E-state index >= 15 is 0 Å². The van der Waals surface area contributed by atoms with Gasteiger partial charge in [-0.15, -0.1) is 0 Å². The number of halogens is 2. The quantitative estimate of drug-likeness (QED) is 0.866. The second-order valence-corrected chi connectivity index (χ2v) is 4.70. The molecular weight excluding hydrogens is 279 g/mol. The molecule has 0 fully saturated rings. The van der Waals surface area contributed by atoms with Crippen LogP contribution >= 0.6 is 11.6 Å². The minimum Gasteiger partial charge on any atom is -0.341 e. The average molecular weight is 295 g/mol. The van der Waals surface area contributed by atoms with Crippen molar-refractivity contribution in [2.24, 2.45) is 0 Å². The lowest BCUT2D eigenvalue weighted by Gasteiger charge is -2.19. The maximum atomic E-state index is 13.4. The third kappa shape index (κ3) is 3.04. The predicted molar refractivity (Wildman–Crippen MR) is 78.5 cm³/mol. The predicted octanol–water partition coefficient (Wildman–Crippen LogP) is 3.49. The minimum atomic E-state index is -0.327. The molecule has 2 aromatic rings. The molecule has 0 unspecified atom stereocenters. The van der Waals surface area contributed by atoms with Crippen molar-refractivity contribution in [2.75, 3.05) is 18.0 Å². The van der Waals surface area contributed by atoms with Crippen LogP contribution in [0.15, 0.2) is 18.2 Å². The van der Waals surface area contributed by atoms with Crippen LogP contribution in [0, 0.1) is 12.7 Å². The van der Waals surface area contributed by atoms with Gasteiger partial charge in [-0.1, -0.05) is 6.07 Å². The summed E-state index contributed by atoms with van der Waals surface area (Å²) < 4.78 is 13.4. The van der Waals surface area contributed by atoms with Gasteiger partial charge < -0.3 is 4.90 Å². The second-order valence-electron chi connectivity index (χ2n) is 4.36. The van der Waals surface area contributed by atoms with E-state index in [-0.39, 0.29) is 11.1 Å². The van der Waals surface area contributed by atoms with Crippen LogP contribution in [0.1, 0.15) is 19.4 Å². The molecule has 1 aromatic heterocycles. The summed E-state index contributed by atoms with van der Waals surface area (Å²) in [6, 6.07) is 4.51. The summed E-state index contributed by atoms with van der Waals surface area (Å²) in [4.78, 5) is 14.6. The van der Waals surface area contributed by atoms with Crippen LogP contribution in [-0.4, -0.2) is 28.0 Å². The van der Waals surface area contributed by atoms with Crippen LogP contribution in [0.4, 0.5) is 10.3 Å². The van der Waals surface area contributed by atoms with Gasteiger partial charge in [-0.2, -0.15) is 15.0 Å². The summed E-state index contributed by atoms with van der Waals surface area (Å²) in [5.41, 5.74) is 1.52. The molecule has 106 valence electrons. The lowest BCUT2D eigenvalue weighted by molar-refractivity contribution is 0.627. The topological polar surface area (TPSA) is 41.9 Å². The zero-order valence-electron chi connectivity index (χ0n) is 11.7. The maximum absolute atomic E-state index is 13.4. The lowest BCUT2D eigenvalue weighted by atomic mass is 10.1. The van der Waals surface area contributed by atoms with Crippen LogP contribution < -0.4 is 4.90 Å². The van der Waals surface area contributed by atoms with Crippen LogP contribution in [0.25, 0.3) is 11.4 Å². The Hall–Kier alpha value is -1.75. The van der Waals surface area contributed by atoms with Gasteiger partial charge in [0, 0.05) is 18.7 Å². The van der Waals surface area contributed by atoms with Gasteiger partial charge in [0.25, 0.3) is 0 Å². The molecule has 1 heterocycles. The van der Waals surface area contributed by atoms with Crippen LogP contribution in [0.2, 0.25) is 5.28 Å². The highest BCUT2D eigenvalue weighted by molar-refractivity contribution is 6.28. The Labute approximate surface area is 122 Å². The first-order chi connectivity index (χ1) is 9.55. The number of anilines is 1. The van der Waals surface area contributed by atoms with E-state index in [9.17, 15) is 4.39 Å². The van der Waals surface area contributed by atoms with Crippen molar-refractivity contribution in [3.05, 3.63) is 34.9 Å². The molecule has 0 radical (unpaired) electrons. The highest BCUT2D eigenvalue weighted by Gasteiger charge is 2.13. The minimum absolute atomic E-state index is 0.112. The summed E-state index contributed by atoms with van der Waals surface area (Å²) in [6.07, 6.45) is 0. The molecule has 0 spiro atoms. The van der Waals surface area contributed by atoms with E-state index in [2.05, 4.69) is 15.0 Å². The Kier molecular flexibility index (Phi) is 4.49. The Morgan fingerprint density at radius 1 is 1.15 bits per heavy atom. The third-order valence-corrected chi connectivity index (χ3v) is 3.25. The van der Waals surface area contributed by atoms with E-state index in [4.69, 9.17) is 11.6 Å². The summed E-state index contributed by atoms with van der Waals surface area (Å²) in [5, 5.41) is 0.112. The Balaban J connectivity index is 2.54. The van der Waals surface area contributed by atoms with Crippen molar-refractivity contribution in [1.29, 1.82) is 0 Å². The van der Waals surface area contributed by atoms with E-state index in [1.54, 1.807) is 6.07 Å². The Morgan fingerprint density at radius 3 is 2.50 bits per heavy atom. The number of nitrogens with zero attached hydrogens (tertiary/aromatic N) is 4. The van der Waals surface area contributed by atoms with Crippen molar-refractivity contribution in [2.45, 2.75) is 20.8 Å². The van der Waals surface area contributed by atoms with Gasteiger partial charge in [0.2, 0.25) is 11.2 Å². The molecule has 0 saturated heterocycles. The Morgan fingerprint density at radius 2 is 1.85 bits per heavy atom. The number of benzene rings is 1. The molecule has 6 heteroatoms. The molecule has 2 rings (SSSR count). The number of rotatable bonds is 4. The van der Waals surface area contributed by atoms with Gasteiger partial charge in [0.1, 0.15) is 5.82 Å². The standard InChI is InChI=1S/C14H16ClFN4/c1-4-20(5-2)14-18-12(17-13(15)19-14)11-8-10(16)7-6-9(11)3/h6-8H,4-5H2,1-3H3. The number of aryl methyl sites for hydroxylation is 1. The molecule has 0 N–H and O–H groups in total. The first-order valence-corrected chi connectivity index (χ1v) is 6.86. The monoisotopic (exact) mass is 294 g/mol. The van der Waals surface area contributed by atoms with Gasteiger partial charge in [-0.3, -0.25) is 0 Å². The zero-order valence-corrected chi connectivity index (χ0v) is 12.4. The van der Waals surface area contributed by atoms with Gasteiger partial charge in [-0.25, -0.2) is 4.39 Å². The van der Waals surface area contributed by atoms with Crippen molar-refractivity contribution >= 4 is 17.5 Å². The molecule has 4 nitrogen and oxygen atoms in total. The fourth-order valence-electron chi connectivity index (χ4n) is 1.94. The van der Waals surface area contributed by atoms with Crippen molar-refractivity contribution < 1.29 is 4.39 Å². The highest BCUT2D eigenvalue weighted by Crippen LogP contribution is 2.23. The molecule has 0 aliphatic rings. The number of hydrogen-bond acceptors (Lipinski definition) is 4. The molecule has 0 atom stereocenters. The third-order valence-electron chi connectivity index (χ3n) is 3.08. The molecule has 0 amide bonds. The molecule has 0 bridgehead atoms. The lowest BCUT2D eigenvalue weighted by Crippen LogP contribution is -2.24. The van der Waals surface area contributed by atoms with E-state index in [1.807, 2.05) is 25.7 Å². The maximum Gasteiger partial charge on any atom is 0.230 e. The van der Waals surface area contributed by atoms with Crippen LogP contribution in [0.3, 0.4) is 0 Å². The summed E-state index contributed by atoms with van der Waals surface area (Å²) in [6.45, 7) is 7.42. The van der Waals surface area contributed by atoms with Gasteiger partial charge in [-0.05, 0) is 50.1 Å². The largest absolute Gasteiger partial charge is 0.341 e. The second kappa shape index (κ2) is 6.13. The van der Waals surface area contributed by atoms with E-state index in [0.29, 0.717) is 17.3 Å². The summed E-state index contributed by atoms with van der Waals surface area (Å²) in [7, 11) is 0. The Bertz CT molecular complexity index is 614. The van der Waals surface area contributed by atoms with Crippen LogP contribution in [-0.2, 0) is 0 Å². The molecule has 0 saturated carbocycles. The fraction of sp³-hybridized carbons (Fsp3) is 0.357. The van der Waals surface area contributed by atoms with Crippen molar-refractivity contribution in [1.82, 2.24) is 15.0 Å². The molecule has 0 aliphatic heterocycles. The summed E-state index contributed by atoms with van der Waals surface area (Å²) in [5.74, 6) is 0.573. The number of aromatic nitrogens is 3. The molecule has 0 aliphatic carbocycles. The first-order valence-electron chi connectivity index (χ1n) is 6.48. The normalized spacial score (nSPS) is 10.7. The number of hydrogen-bond donors (Lipinski definition) is 0.